The van der Waals surface area contributed by atoms with Crippen LogP contribution in [0.15, 0.2) is 15.8 Å². The molecule has 0 bridgehead atoms. The number of hydrogen-bond donors (Lipinski definition) is 1. The average Bonchev–Trinajstić information content (AvgIpc) is 3.18. The molecule has 1 N–H and O–H groups in total. The maximum absolute atomic E-state index is 12.8. The lowest BCUT2D eigenvalue weighted by atomic mass is 10.1. The first kappa shape index (κ1) is 29.3. The molecule has 1 fully saturated rings. The van der Waals surface area contributed by atoms with Crippen molar-refractivity contribution in [2.24, 2.45) is 0 Å². The number of nitrogens with one attached hydrogen (secondary N) is 1. The van der Waals surface area contributed by atoms with Crippen molar-refractivity contribution in [2.45, 2.75) is 110 Å². The van der Waals surface area contributed by atoms with Crippen LogP contribution < -0.4 is 11.2 Å². The standard InChI is InChI=1S/C27H44N2O6/c1-5-9-12-16-32-20-22-23(33-17-13-10-6-2)24(34-18-14-11-7-3)26(35-22)29-19-21(15-8-4)25(30)28-27(29)31/h19,22-24,26H,5-7,9-14,16-18,20H2,1-4H3,(H,28,30,31)/t22-,23-,24+,26-/m1/s1. The van der Waals surface area contributed by atoms with Gasteiger partial charge in [0, 0.05) is 26.0 Å². The van der Waals surface area contributed by atoms with Crippen LogP contribution in [-0.4, -0.2) is 54.3 Å². The minimum atomic E-state index is -0.751. The highest BCUT2D eigenvalue weighted by atomic mass is 16.6. The average molecular weight is 493 g/mol. The summed E-state index contributed by atoms with van der Waals surface area (Å²) < 4.78 is 26.3. The zero-order valence-electron chi connectivity index (χ0n) is 22.0. The number of aromatic nitrogens is 2. The van der Waals surface area contributed by atoms with Gasteiger partial charge >= 0.3 is 5.69 Å². The van der Waals surface area contributed by atoms with Crippen LogP contribution >= 0.6 is 0 Å². The molecule has 0 radical (unpaired) electrons. The third kappa shape index (κ3) is 9.23. The molecule has 2 rings (SSSR count). The summed E-state index contributed by atoms with van der Waals surface area (Å²) in [5.74, 6) is 5.48. The fraction of sp³-hybridized carbons (Fsp3) is 0.778. The van der Waals surface area contributed by atoms with Crippen molar-refractivity contribution in [3.8, 4) is 11.8 Å². The van der Waals surface area contributed by atoms with Gasteiger partial charge in [-0.05, 0) is 26.2 Å². The number of hydrogen-bond acceptors (Lipinski definition) is 6. The molecule has 8 nitrogen and oxygen atoms in total. The van der Waals surface area contributed by atoms with Crippen LogP contribution in [0.25, 0.3) is 0 Å². The zero-order chi connectivity index (χ0) is 25.5. The van der Waals surface area contributed by atoms with E-state index in [-0.39, 0.29) is 17.8 Å². The summed E-state index contributed by atoms with van der Waals surface area (Å²) in [4.78, 5) is 27.4. The van der Waals surface area contributed by atoms with Crippen molar-refractivity contribution in [2.75, 3.05) is 26.4 Å². The third-order valence-electron chi connectivity index (χ3n) is 6.08. The fourth-order valence-electron chi connectivity index (χ4n) is 4.14. The summed E-state index contributed by atoms with van der Waals surface area (Å²) in [6.07, 6.45) is 8.82. The number of H-pyrrole nitrogens is 1. The van der Waals surface area contributed by atoms with Crippen LogP contribution in [0.1, 0.15) is 97.3 Å². The Kier molecular flexibility index (Phi) is 14.0. The number of unbranched alkanes of at least 4 members (excludes halogenated alkanes) is 6. The summed E-state index contributed by atoms with van der Waals surface area (Å²) in [5, 5.41) is 0. The molecule has 35 heavy (non-hydrogen) atoms. The topological polar surface area (TPSA) is 91.8 Å². The van der Waals surface area contributed by atoms with Crippen LogP contribution in [0.5, 0.6) is 0 Å². The van der Waals surface area contributed by atoms with Crippen LogP contribution in [-0.2, 0) is 18.9 Å². The summed E-state index contributed by atoms with van der Waals surface area (Å²) in [6, 6.07) is 0. The van der Waals surface area contributed by atoms with Gasteiger partial charge in [-0.15, -0.1) is 5.92 Å². The number of aromatic amines is 1. The van der Waals surface area contributed by atoms with Gasteiger partial charge in [-0.3, -0.25) is 14.3 Å². The summed E-state index contributed by atoms with van der Waals surface area (Å²) in [6.45, 7) is 10.2. The molecule has 1 aliphatic heterocycles. The van der Waals surface area contributed by atoms with Gasteiger partial charge in [0.25, 0.3) is 5.56 Å². The van der Waals surface area contributed by atoms with E-state index in [0.29, 0.717) is 26.4 Å². The molecule has 198 valence electrons. The minimum absolute atomic E-state index is 0.208. The highest BCUT2D eigenvalue weighted by Crippen LogP contribution is 2.34. The summed E-state index contributed by atoms with van der Waals surface area (Å²) in [7, 11) is 0. The maximum Gasteiger partial charge on any atom is 0.330 e. The van der Waals surface area contributed by atoms with E-state index in [0.717, 1.165) is 57.8 Å². The first-order valence-electron chi connectivity index (χ1n) is 13.3. The molecule has 1 aromatic rings. The number of rotatable bonds is 17. The van der Waals surface area contributed by atoms with Crippen molar-refractivity contribution in [3.63, 3.8) is 0 Å². The van der Waals surface area contributed by atoms with Gasteiger partial charge in [0.1, 0.15) is 23.9 Å². The Morgan fingerprint density at radius 3 is 2.11 bits per heavy atom. The van der Waals surface area contributed by atoms with Crippen LogP contribution in [0.4, 0.5) is 0 Å². The number of nitrogens with zero attached hydrogens (tertiary/aromatic N) is 1. The van der Waals surface area contributed by atoms with Crippen molar-refractivity contribution in [1.82, 2.24) is 9.55 Å². The summed E-state index contributed by atoms with van der Waals surface area (Å²) in [5.41, 5.74) is -0.861. The quantitative estimate of drug-likeness (QED) is 0.259. The highest BCUT2D eigenvalue weighted by molar-refractivity contribution is 5.29. The van der Waals surface area contributed by atoms with Gasteiger partial charge < -0.3 is 18.9 Å². The van der Waals surface area contributed by atoms with Crippen molar-refractivity contribution >= 4 is 0 Å². The second kappa shape index (κ2) is 16.7. The monoisotopic (exact) mass is 492 g/mol. The fourth-order valence-corrected chi connectivity index (χ4v) is 4.14. The van der Waals surface area contributed by atoms with Gasteiger partial charge in [-0.1, -0.05) is 65.2 Å². The zero-order valence-corrected chi connectivity index (χ0v) is 22.0. The Balaban J connectivity index is 2.31. The molecule has 0 amide bonds. The Bertz CT molecular complexity index is 899. The van der Waals surface area contributed by atoms with Gasteiger partial charge in [-0.25, -0.2) is 4.79 Å². The molecule has 1 aliphatic rings. The predicted octanol–water partition coefficient (Wildman–Crippen LogP) is 4.16. The molecule has 4 atom stereocenters. The van der Waals surface area contributed by atoms with E-state index in [1.54, 1.807) is 6.92 Å². The van der Waals surface area contributed by atoms with E-state index in [9.17, 15) is 9.59 Å². The van der Waals surface area contributed by atoms with E-state index in [4.69, 9.17) is 18.9 Å². The predicted molar refractivity (Wildman–Crippen MR) is 137 cm³/mol. The molecule has 2 heterocycles. The van der Waals surface area contributed by atoms with Crippen LogP contribution in [0, 0.1) is 11.8 Å². The van der Waals surface area contributed by atoms with E-state index in [1.807, 2.05) is 0 Å². The molecule has 8 heteroatoms. The molecule has 0 aliphatic carbocycles. The molecule has 1 aromatic heterocycles. The Morgan fingerprint density at radius 2 is 1.51 bits per heavy atom. The first-order chi connectivity index (χ1) is 17.1. The van der Waals surface area contributed by atoms with E-state index in [1.165, 1.54) is 10.8 Å². The lowest BCUT2D eigenvalue weighted by Gasteiger charge is -2.25. The molecular weight excluding hydrogens is 448 g/mol. The largest absolute Gasteiger partial charge is 0.379 e. The van der Waals surface area contributed by atoms with Crippen molar-refractivity contribution in [1.29, 1.82) is 0 Å². The van der Waals surface area contributed by atoms with E-state index >= 15 is 0 Å². The van der Waals surface area contributed by atoms with Crippen LogP contribution in [0.2, 0.25) is 0 Å². The lowest BCUT2D eigenvalue weighted by molar-refractivity contribution is -0.0821. The van der Waals surface area contributed by atoms with E-state index < -0.39 is 23.6 Å². The van der Waals surface area contributed by atoms with Crippen LogP contribution in [0.3, 0.4) is 0 Å². The highest BCUT2D eigenvalue weighted by Gasteiger charge is 2.47. The van der Waals surface area contributed by atoms with E-state index in [2.05, 4.69) is 37.6 Å². The smallest absolute Gasteiger partial charge is 0.330 e. The molecule has 0 aromatic carbocycles. The van der Waals surface area contributed by atoms with Gasteiger partial charge in [0.2, 0.25) is 0 Å². The molecule has 0 spiro atoms. The normalized spacial score (nSPS) is 21.7. The Hall–Kier alpha value is -1.92. The summed E-state index contributed by atoms with van der Waals surface area (Å²) >= 11 is 0. The molecule has 1 saturated heterocycles. The Morgan fingerprint density at radius 1 is 0.914 bits per heavy atom. The minimum Gasteiger partial charge on any atom is -0.379 e. The SMILES string of the molecule is CC#Cc1cn([C@@H]2O[C@H](COCCCCC)[C@@H](OCCCCC)[C@@H]2OCCCCC)c(=O)[nH]c1=O. The maximum atomic E-state index is 12.8. The lowest BCUT2D eigenvalue weighted by Crippen LogP contribution is -2.41. The molecule has 0 saturated carbocycles. The van der Waals surface area contributed by atoms with Gasteiger partial charge in [0.05, 0.1) is 6.61 Å². The first-order valence-corrected chi connectivity index (χ1v) is 13.3. The van der Waals surface area contributed by atoms with Crippen molar-refractivity contribution in [3.05, 3.63) is 32.6 Å². The van der Waals surface area contributed by atoms with Gasteiger partial charge in [-0.2, -0.15) is 0 Å². The Labute approximate surface area is 209 Å². The van der Waals surface area contributed by atoms with Crippen molar-refractivity contribution < 1.29 is 18.9 Å². The third-order valence-corrected chi connectivity index (χ3v) is 6.08. The number of ether oxygens (including phenoxy) is 4. The molecule has 0 unspecified atom stereocenters. The second-order valence-electron chi connectivity index (χ2n) is 9.02. The second-order valence-corrected chi connectivity index (χ2v) is 9.02. The molecular formula is C27H44N2O6. The van der Waals surface area contributed by atoms with Gasteiger partial charge in [0.15, 0.2) is 6.23 Å².